The van der Waals surface area contributed by atoms with Crippen LogP contribution < -0.4 is 4.90 Å². The number of ether oxygens (including phenoxy) is 1. The summed E-state index contributed by atoms with van der Waals surface area (Å²) in [7, 11) is 1.67. The third kappa shape index (κ3) is 4.04. The van der Waals surface area contributed by atoms with E-state index in [1.54, 1.807) is 19.5 Å². The summed E-state index contributed by atoms with van der Waals surface area (Å²) in [5, 5.41) is 9.40. The monoisotopic (exact) mass is 409 g/mol. The van der Waals surface area contributed by atoms with Crippen LogP contribution in [0.1, 0.15) is 12.5 Å². The third-order valence-corrected chi connectivity index (χ3v) is 5.93. The number of rotatable bonds is 7. The Bertz CT molecular complexity index is 992. The summed E-state index contributed by atoms with van der Waals surface area (Å²) < 4.78 is 7.25. The number of anilines is 1. The minimum Gasteiger partial charge on any atom is -0.383 e. The molecule has 3 aromatic rings. The Morgan fingerprint density at radius 1 is 1.21 bits per heavy atom. The fourth-order valence-electron chi connectivity index (χ4n) is 3.64. The summed E-state index contributed by atoms with van der Waals surface area (Å²) in [5.41, 5.74) is 3.18. The molecule has 2 aromatic heterocycles. The lowest BCUT2D eigenvalue weighted by Gasteiger charge is -2.22. The highest BCUT2D eigenvalue weighted by Crippen LogP contribution is 2.33. The number of amides is 1. The molecule has 1 aromatic carbocycles. The van der Waals surface area contributed by atoms with Crippen LogP contribution in [0.3, 0.4) is 0 Å². The van der Waals surface area contributed by atoms with Gasteiger partial charge in [0.25, 0.3) is 0 Å². The van der Waals surface area contributed by atoms with E-state index in [0.29, 0.717) is 24.1 Å². The van der Waals surface area contributed by atoms with Crippen LogP contribution in [0, 0.1) is 0 Å². The van der Waals surface area contributed by atoms with E-state index in [1.807, 2.05) is 39.8 Å². The highest BCUT2D eigenvalue weighted by molar-refractivity contribution is 7.99. The zero-order valence-corrected chi connectivity index (χ0v) is 17.3. The predicted molar refractivity (Wildman–Crippen MR) is 113 cm³/mol. The van der Waals surface area contributed by atoms with Crippen LogP contribution in [0.25, 0.3) is 11.4 Å². The number of fused-ring (bicyclic) bond motifs is 1. The minimum atomic E-state index is 0.0826. The van der Waals surface area contributed by atoms with Crippen LogP contribution in [0.15, 0.2) is 53.9 Å². The van der Waals surface area contributed by atoms with Gasteiger partial charge < -0.3 is 9.64 Å². The first kappa shape index (κ1) is 19.6. The maximum atomic E-state index is 13.0. The maximum Gasteiger partial charge on any atom is 0.237 e. The van der Waals surface area contributed by atoms with Crippen molar-refractivity contribution in [1.82, 2.24) is 19.7 Å². The molecule has 1 amide bonds. The second-order valence-corrected chi connectivity index (χ2v) is 7.86. The number of methoxy groups -OCH3 is 1. The molecule has 1 unspecified atom stereocenters. The Labute approximate surface area is 174 Å². The Morgan fingerprint density at radius 3 is 2.79 bits per heavy atom. The van der Waals surface area contributed by atoms with E-state index in [1.165, 1.54) is 17.3 Å². The molecule has 0 aliphatic carbocycles. The van der Waals surface area contributed by atoms with Crippen LogP contribution >= 0.6 is 11.8 Å². The number of hydrogen-bond donors (Lipinski definition) is 0. The van der Waals surface area contributed by atoms with Gasteiger partial charge >= 0.3 is 0 Å². The number of hydrogen-bond acceptors (Lipinski definition) is 6. The van der Waals surface area contributed by atoms with Gasteiger partial charge in [-0.3, -0.25) is 14.3 Å². The molecule has 1 aliphatic heterocycles. The number of thioether (sulfide) groups is 1. The molecule has 1 aliphatic rings. The van der Waals surface area contributed by atoms with Crippen molar-refractivity contribution in [3.63, 3.8) is 0 Å². The van der Waals surface area contributed by atoms with Gasteiger partial charge in [-0.25, -0.2) is 0 Å². The van der Waals surface area contributed by atoms with Crippen LogP contribution in [0.4, 0.5) is 5.69 Å². The van der Waals surface area contributed by atoms with Crippen LogP contribution in [-0.4, -0.2) is 51.2 Å². The molecule has 29 heavy (non-hydrogen) atoms. The van der Waals surface area contributed by atoms with Crippen molar-refractivity contribution < 1.29 is 9.53 Å². The lowest BCUT2D eigenvalue weighted by atomic mass is 10.1. The second kappa shape index (κ2) is 8.75. The molecule has 3 heterocycles. The normalized spacial score (nSPS) is 15.5. The van der Waals surface area contributed by atoms with E-state index in [2.05, 4.69) is 28.2 Å². The molecule has 0 radical (unpaired) electrons. The van der Waals surface area contributed by atoms with Crippen molar-refractivity contribution in [2.75, 3.05) is 24.4 Å². The minimum absolute atomic E-state index is 0.0826. The SMILES string of the molecule is COCCn1c(SCC(=O)N2c3ccccc3CC2C)nnc1-c1ccncc1. The van der Waals surface area contributed by atoms with Gasteiger partial charge in [-0.05, 0) is 37.1 Å². The Morgan fingerprint density at radius 2 is 2.00 bits per heavy atom. The van der Waals surface area contributed by atoms with Crippen molar-refractivity contribution >= 4 is 23.4 Å². The van der Waals surface area contributed by atoms with Gasteiger partial charge in [-0.1, -0.05) is 30.0 Å². The number of benzene rings is 1. The van der Waals surface area contributed by atoms with E-state index in [9.17, 15) is 4.79 Å². The van der Waals surface area contributed by atoms with Gasteiger partial charge in [0.1, 0.15) is 0 Å². The average Bonchev–Trinajstić information content (AvgIpc) is 3.30. The standard InChI is InChI=1S/C21H23N5O2S/c1-15-13-17-5-3-4-6-18(17)26(15)19(27)14-29-21-24-23-20(25(21)11-12-28-2)16-7-9-22-10-8-16/h3-10,15H,11-14H2,1-2H3. The average molecular weight is 410 g/mol. The quantitative estimate of drug-likeness (QED) is 0.559. The predicted octanol–water partition coefficient (Wildman–Crippen LogP) is 3.06. The van der Waals surface area contributed by atoms with Crippen LogP contribution in [-0.2, 0) is 22.5 Å². The van der Waals surface area contributed by atoms with Gasteiger partial charge in [-0.2, -0.15) is 0 Å². The maximum absolute atomic E-state index is 13.0. The Hall–Kier alpha value is -2.71. The molecule has 8 heteroatoms. The molecule has 0 spiro atoms. The Kier molecular flexibility index (Phi) is 5.92. The fourth-order valence-corrected chi connectivity index (χ4v) is 4.46. The van der Waals surface area contributed by atoms with E-state index >= 15 is 0 Å². The lowest BCUT2D eigenvalue weighted by Crippen LogP contribution is -2.37. The number of aromatic nitrogens is 4. The molecule has 1 atom stereocenters. The second-order valence-electron chi connectivity index (χ2n) is 6.92. The molecular formula is C21H23N5O2S. The van der Waals surface area contributed by atoms with E-state index in [4.69, 9.17) is 4.74 Å². The number of carbonyl (C=O) groups is 1. The van der Waals surface area contributed by atoms with E-state index in [-0.39, 0.29) is 11.9 Å². The molecule has 0 fully saturated rings. The van der Waals surface area contributed by atoms with Gasteiger partial charge in [0.15, 0.2) is 11.0 Å². The van der Waals surface area contributed by atoms with Crippen molar-refractivity contribution in [2.24, 2.45) is 0 Å². The fraction of sp³-hybridized carbons (Fsp3) is 0.333. The molecule has 7 nitrogen and oxygen atoms in total. The summed E-state index contributed by atoms with van der Waals surface area (Å²) in [6, 6.07) is 12.1. The molecule has 0 N–H and O–H groups in total. The first-order chi connectivity index (χ1) is 14.2. The zero-order valence-electron chi connectivity index (χ0n) is 16.5. The molecule has 4 rings (SSSR count). The van der Waals surface area contributed by atoms with E-state index < -0.39 is 0 Å². The highest BCUT2D eigenvalue weighted by Gasteiger charge is 2.30. The molecular weight excluding hydrogens is 386 g/mol. The highest BCUT2D eigenvalue weighted by atomic mass is 32.2. The van der Waals surface area contributed by atoms with Gasteiger partial charge in [-0.15, -0.1) is 10.2 Å². The summed E-state index contributed by atoms with van der Waals surface area (Å²) in [6.07, 6.45) is 4.35. The summed E-state index contributed by atoms with van der Waals surface area (Å²) in [4.78, 5) is 19.0. The van der Waals surface area contributed by atoms with Crippen LogP contribution in [0.5, 0.6) is 0 Å². The van der Waals surface area contributed by atoms with Crippen LogP contribution in [0.2, 0.25) is 0 Å². The van der Waals surface area contributed by atoms with Crippen molar-refractivity contribution in [3.05, 3.63) is 54.4 Å². The summed E-state index contributed by atoms with van der Waals surface area (Å²) in [5.74, 6) is 1.14. The molecule has 0 bridgehead atoms. The third-order valence-electron chi connectivity index (χ3n) is 4.98. The van der Waals surface area contributed by atoms with Gasteiger partial charge in [0.2, 0.25) is 5.91 Å². The first-order valence-electron chi connectivity index (χ1n) is 9.54. The smallest absolute Gasteiger partial charge is 0.237 e. The van der Waals surface area contributed by atoms with Gasteiger partial charge in [0.05, 0.1) is 18.9 Å². The summed E-state index contributed by atoms with van der Waals surface area (Å²) in [6.45, 7) is 3.24. The van der Waals surface area contributed by atoms with Crippen molar-refractivity contribution in [3.8, 4) is 11.4 Å². The summed E-state index contributed by atoms with van der Waals surface area (Å²) >= 11 is 1.41. The number of para-hydroxylation sites is 1. The number of carbonyl (C=O) groups excluding carboxylic acids is 1. The first-order valence-corrected chi connectivity index (χ1v) is 10.5. The van der Waals surface area contributed by atoms with E-state index in [0.717, 1.165) is 23.5 Å². The topological polar surface area (TPSA) is 73.1 Å². The zero-order chi connectivity index (χ0) is 20.2. The van der Waals surface area contributed by atoms with Crippen molar-refractivity contribution in [2.45, 2.75) is 31.1 Å². The lowest BCUT2D eigenvalue weighted by molar-refractivity contribution is -0.116. The largest absolute Gasteiger partial charge is 0.383 e. The number of pyridine rings is 1. The van der Waals surface area contributed by atoms with Gasteiger partial charge in [0, 0.05) is 36.8 Å². The number of nitrogens with zero attached hydrogens (tertiary/aromatic N) is 5. The molecule has 0 saturated heterocycles. The molecule has 150 valence electrons. The Balaban J connectivity index is 1.52. The molecule has 0 saturated carbocycles. The van der Waals surface area contributed by atoms with Crippen molar-refractivity contribution in [1.29, 1.82) is 0 Å².